The van der Waals surface area contributed by atoms with Crippen molar-refractivity contribution < 1.29 is 28.6 Å². The molecule has 5 nitrogen and oxygen atoms in total. The number of aromatic hydroxyl groups is 1. The lowest BCUT2D eigenvalue weighted by molar-refractivity contribution is -0.122. The van der Waals surface area contributed by atoms with Crippen molar-refractivity contribution in [1.82, 2.24) is 0 Å². The molecule has 0 aliphatic carbocycles. The summed E-state index contributed by atoms with van der Waals surface area (Å²) in [5.41, 5.74) is 4.43. The maximum Gasteiger partial charge on any atom is 0.290 e. The van der Waals surface area contributed by atoms with Gasteiger partial charge < -0.3 is 15.9 Å². The van der Waals surface area contributed by atoms with Crippen LogP contribution < -0.4 is 5.73 Å². The smallest absolute Gasteiger partial charge is 0.290 e. The summed E-state index contributed by atoms with van der Waals surface area (Å²) in [5, 5.41) is 15.5. The number of hydrogen-bond donors (Lipinski definition) is 3. The van der Waals surface area contributed by atoms with Crippen LogP contribution in [0.25, 0.3) is 0 Å². The van der Waals surface area contributed by atoms with Gasteiger partial charge in [-0.1, -0.05) is 0 Å². The highest BCUT2D eigenvalue weighted by Crippen LogP contribution is 2.20. The Bertz CT molecular complexity index is 358. The number of amides is 1. The van der Waals surface area contributed by atoms with E-state index in [9.17, 15) is 13.6 Å². The number of primary amides is 1. The van der Waals surface area contributed by atoms with Gasteiger partial charge in [-0.2, -0.15) is 0 Å². The Labute approximate surface area is 82.7 Å². The third kappa shape index (κ3) is 3.59. The molecule has 0 radical (unpaired) electrons. The van der Waals surface area contributed by atoms with E-state index >= 15 is 0 Å². The SMILES string of the molecule is NC(=O)c1cc(F)c(O)c(F)c1.O=CO. The van der Waals surface area contributed by atoms with E-state index in [0.29, 0.717) is 12.1 Å². The molecular formula is C8H7F2NO4. The largest absolute Gasteiger partial charge is 0.503 e. The lowest BCUT2D eigenvalue weighted by Crippen LogP contribution is -2.11. The van der Waals surface area contributed by atoms with Crippen LogP contribution in [-0.2, 0) is 4.79 Å². The highest BCUT2D eigenvalue weighted by Gasteiger charge is 2.11. The van der Waals surface area contributed by atoms with E-state index in [-0.39, 0.29) is 12.0 Å². The first-order valence-electron chi connectivity index (χ1n) is 3.49. The standard InChI is InChI=1S/C7H5F2NO2.CH2O2/c8-4-1-3(7(10)12)2-5(9)6(4)11;2-1-3/h1-2,11H,(H2,10,12);1H,(H,2,3). The molecule has 4 N–H and O–H groups in total. The van der Waals surface area contributed by atoms with E-state index in [1.807, 2.05) is 0 Å². The molecule has 1 rings (SSSR count). The van der Waals surface area contributed by atoms with Gasteiger partial charge in [0.2, 0.25) is 5.91 Å². The van der Waals surface area contributed by atoms with Crippen LogP contribution >= 0.6 is 0 Å². The molecule has 0 atom stereocenters. The van der Waals surface area contributed by atoms with Crippen LogP contribution in [0.15, 0.2) is 12.1 Å². The summed E-state index contributed by atoms with van der Waals surface area (Å²) in [6.07, 6.45) is 0. The summed E-state index contributed by atoms with van der Waals surface area (Å²) in [6.45, 7) is -0.250. The molecule has 15 heavy (non-hydrogen) atoms. The summed E-state index contributed by atoms with van der Waals surface area (Å²) in [6, 6.07) is 1.33. The van der Waals surface area contributed by atoms with Crippen molar-refractivity contribution in [1.29, 1.82) is 0 Å². The van der Waals surface area contributed by atoms with E-state index in [2.05, 4.69) is 0 Å². The number of benzene rings is 1. The first-order valence-corrected chi connectivity index (χ1v) is 3.49. The molecule has 7 heteroatoms. The number of carboxylic acid groups (broad SMARTS) is 1. The Morgan fingerprint density at radius 3 is 1.93 bits per heavy atom. The van der Waals surface area contributed by atoms with Gasteiger partial charge in [-0.25, -0.2) is 8.78 Å². The first-order chi connectivity index (χ1) is 6.93. The van der Waals surface area contributed by atoms with Gasteiger partial charge in [0.15, 0.2) is 17.4 Å². The van der Waals surface area contributed by atoms with Crippen LogP contribution in [0.3, 0.4) is 0 Å². The predicted molar refractivity (Wildman–Crippen MR) is 45.2 cm³/mol. The lowest BCUT2D eigenvalue weighted by Gasteiger charge is -1.99. The normalized spacial score (nSPS) is 8.67. The van der Waals surface area contributed by atoms with Crippen molar-refractivity contribution in [3.05, 3.63) is 29.3 Å². The van der Waals surface area contributed by atoms with Gasteiger partial charge in [-0.3, -0.25) is 9.59 Å². The van der Waals surface area contributed by atoms with Crippen molar-refractivity contribution in [2.24, 2.45) is 5.73 Å². The fourth-order valence-corrected chi connectivity index (χ4v) is 0.708. The van der Waals surface area contributed by atoms with Crippen LogP contribution in [0.5, 0.6) is 5.75 Å². The molecule has 1 aromatic carbocycles. The van der Waals surface area contributed by atoms with Crippen LogP contribution in [0.1, 0.15) is 10.4 Å². The molecule has 0 spiro atoms. The number of phenols is 1. The first kappa shape index (κ1) is 12.8. The quantitative estimate of drug-likeness (QED) is 0.597. The average molecular weight is 219 g/mol. The Balaban J connectivity index is 0.000000583. The van der Waals surface area contributed by atoms with E-state index in [0.717, 1.165) is 0 Å². The maximum atomic E-state index is 12.5. The Morgan fingerprint density at radius 2 is 1.67 bits per heavy atom. The van der Waals surface area contributed by atoms with Crippen LogP contribution in [0, 0.1) is 11.6 Å². The number of phenolic OH excluding ortho intramolecular Hbond substituents is 1. The summed E-state index contributed by atoms with van der Waals surface area (Å²) >= 11 is 0. The maximum absolute atomic E-state index is 12.5. The molecule has 1 aromatic rings. The summed E-state index contributed by atoms with van der Waals surface area (Å²) in [4.78, 5) is 18.8. The van der Waals surface area contributed by atoms with E-state index < -0.39 is 23.3 Å². The summed E-state index contributed by atoms with van der Waals surface area (Å²) in [7, 11) is 0. The number of hydrogen-bond acceptors (Lipinski definition) is 3. The number of halogens is 2. The zero-order chi connectivity index (χ0) is 12.0. The minimum Gasteiger partial charge on any atom is -0.503 e. The molecular weight excluding hydrogens is 212 g/mol. The van der Waals surface area contributed by atoms with Crippen LogP contribution in [0.4, 0.5) is 8.78 Å². The van der Waals surface area contributed by atoms with Gasteiger partial charge in [-0.05, 0) is 12.1 Å². The van der Waals surface area contributed by atoms with Gasteiger partial charge in [0, 0.05) is 5.56 Å². The minimum absolute atomic E-state index is 0.250. The highest BCUT2D eigenvalue weighted by atomic mass is 19.1. The average Bonchev–Trinajstić information content (AvgIpc) is 2.14. The zero-order valence-corrected chi connectivity index (χ0v) is 7.28. The van der Waals surface area contributed by atoms with Crippen molar-refractivity contribution in [2.75, 3.05) is 0 Å². The lowest BCUT2D eigenvalue weighted by atomic mass is 10.2. The summed E-state index contributed by atoms with van der Waals surface area (Å²) < 4.78 is 25.0. The van der Waals surface area contributed by atoms with Crippen molar-refractivity contribution in [2.45, 2.75) is 0 Å². The molecule has 0 aromatic heterocycles. The minimum atomic E-state index is -1.20. The molecule has 0 aliphatic heterocycles. The molecule has 0 bridgehead atoms. The molecule has 0 heterocycles. The summed E-state index contributed by atoms with van der Waals surface area (Å²) in [5.74, 6) is -4.47. The van der Waals surface area contributed by atoms with E-state index in [1.165, 1.54) is 0 Å². The second-order valence-corrected chi connectivity index (χ2v) is 2.26. The van der Waals surface area contributed by atoms with Crippen molar-refractivity contribution >= 4 is 12.4 Å². The number of carbonyl (C=O) groups is 2. The van der Waals surface area contributed by atoms with E-state index in [1.54, 1.807) is 0 Å². The zero-order valence-electron chi connectivity index (χ0n) is 7.28. The molecule has 0 saturated carbocycles. The van der Waals surface area contributed by atoms with Gasteiger partial charge in [0.05, 0.1) is 0 Å². The van der Waals surface area contributed by atoms with Gasteiger partial charge >= 0.3 is 0 Å². The third-order valence-corrected chi connectivity index (χ3v) is 1.30. The number of carbonyl (C=O) groups excluding carboxylic acids is 1. The fraction of sp³-hybridized carbons (Fsp3) is 0. The van der Waals surface area contributed by atoms with Crippen molar-refractivity contribution in [3.8, 4) is 5.75 Å². The molecule has 0 aliphatic rings. The number of rotatable bonds is 1. The molecule has 1 amide bonds. The third-order valence-electron chi connectivity index (χ3n) is 1.30. The second-order valence-electron chi connectivity index (χ2n) is 2.26. The Morgan fingerprint density at radius 1 is 1.33 bits per heavy atom. The molecule has 82 valence electrons. The van der Waals surface area contributed by atoms with E-state index in [4.69, 9.17) is 20.7 Å². The monoisotopic (exact) mass is 219 g/mol. The van der Waals surface area contributed by atoms with Crippen LogP contribution in [0.2, 0.25) is 0 Å². The van der Waals surface area contributed by atoms with Crippen LogP contribution in [-0.4, -0.2) is 22.6 Å². The molecule has 0 unspecified atom stereocenters. The van der Waals surface area contributed by atoms with Gasteiger partial charge in [-0.15, -0.1) is 0 Å². The van der Waals surface area contributed by atoms with Gasteiger partial charge in [0.25, 0.3) is 6.47 Å². The Hall–Kier alpha value is -2.18. The Kier molecular flexibility index (Phi) is 4.73. The predicted octanol–water partition coefficient (Wildman–Crippen LogP) is 0.470. The number of nitrogens with two attached hydrogens (primary N) is 1. The highest BCUT2D eigenvalue weighted by molar-refractivity contribution is 5.92. The topological polar surface area (TPSA) is 101 Å². The second kappa shape index (κ2) is 5.53. The van der Waals surface area contributed by atoms with Gasteiger partial charge in [0.1, 0.15) is 0 Å². The fourth-order valence-electron chi connectivity index (χ4n) is 0.708. The molecule has 0 fully saturated rings. The molecule has 0 saturated heterocycles. The van der Waals surface area contributed by atoms with Crippen molar-refractivity contribution in [3.63, 3.8) is 0 Å².